The molecule has 1 unspecified atom stereocenters. The molecule has 1 atom stereocenters. The number of fused-ring (bicyclic) bond motifs is 1. The Balaban J connectivity index is 1.91. The zero-order valence-corrected chi connectivity index (χ0v) is 12.0. The van der Waals surface area contributed by atoms with Crippen LogP contribution in [0.25, 0.3) is 11.0 Å². The van der Waals surface area contributed by atoms with Crippen molar-refractivity contribution in [3.63, 3.8) is 0 Å². The van der Waals surface area contributed by atoms with Crippen LogP contribution < -0.4 is 5.32 Å². The molecular weight excluding hydrogens is 270 g/mol. The van der Waals surface area contributed by atoms with Crippen LogP contribution in [0.4, 0.5) is 0 Å². The van der Waals surface area contributed by atoms with Gasteiger partial charge in [0.05, 0.1) is 6.04 Å². The predicted octanol–water partition coefficient (Wildman–Crippen LogP) is 4.59. The van der Waals surface area contributed by atoms with Gasteiger partial charge in [-0.25, -0.2) is 0 Å². The molecule has 0 aliphatic carbocycles. The van der Waals surface area contributed by atoms with Gasteiger partial charge >= 0.3 is 0 Å². The van der Waals surface area contributed by atoms with Gasteiger partial charge in [-0.15, -0.1) is 0 Å². The lowest BCUT2D eigenvalue weighted by atomic mass is 10.0. The highest BCUT2D eigenvalue weighted by molar-refractivity contribution is 6.31. The minimum atomic E-state index is 0.113. The van der Waals surface area contributed by atoms with Crippen LogP contribution in [0.15, 0.2) is 59.0 Å². The molecule has 0 bridgehead atoms. The average molecular weight is 286 g/mol. The van der Waals surface area contributed by atoms with Gasteiger partial charge in [0.15, 0.2) is 0 Å². The van der Waals surface area contributed by atoms with Gasteiger partial charge in [-0.05, 0) is 37.2 Å². The van der Waals surface area contributed by atoms with Gasteiger partial charge in [-0.1, -0.05) is 48.0 Å². The van der Waals surface area contributed by atoms with Gasteiger partial charge in [-0.3, -0.25) is 0 Å². The van der Waals surface area contributed by atoms with E-state index >= 15 is 0 Å². The maximum Gasteiger partial charge on any atom is 0.134 e. The van der Waals surface area contributed by atoms with Crippen LogP contribution in [0.5, 0.6) is 0 Å². The highest BCUT2D eigenvalue weighted by atomic mass is 35.5. The fraction of sp³-hybridized carbons (Fsp3) is 0.176. The molecular formula is C17H16ClNO. The quantitative estimate of drug-likeness (QED) is 0.758. The number of nitrogens with one attached hydrogen (secondary N) is 1. The number of furan rings is 1. The number of hydrogen-bond donors (Lipinski definition) is 1. The molecule has 0 spiro atoms. The van der Waals surface area contributed by atoms with E-state index in [1.54, 1.807) is 0 Å². The molecule has 3 rings (SSSR count). The number of halogens is 1. The largest absolute Gasteiger partial charge is 0.459 e. The lowest BCUT2D eigenvalue weighted by molar-refractivity contribution is 0.451. The van der Waals surface area contributed by atoms with Crippen molar-refractivity contribution in [3.05, 3.63) is 70.9 Å². The molecule has 1 heterocycles. The fourth-order valence-electron chi connectivity index (χ4n) is 2.40. The molecule has 20 heavy (non-hydrogen) atoms. The monoisotopic (exact) mass is 285 g/mol. The van der Waals surface area contributed by atoms with Gasteiger partial charge in [0.1, 0.15) is 11.3 Å². The lowest BCUT2D eigenvalue weighted by Crippen LogP contribution is -2.18. The van der Waals surface area contributed by atoms with Gasteiger partial charge in [0.25, 0.3) is 0 Å². The lowest BCUT2D eigenvalue weighted by Gasteiger charge is -2.14. The van der Waals surface area contributed by atoms with Crippen LogP contribution in [-0.2, 0) is 6.42 Å². The molecule has 102 valence electrons. The van der Waals surface area contributed by atoms with E-state index in [1.807, 2.05) is 43.4 Å². The molecule has 0 amide bonds. The Bertz CT molecular complexity index is 687. The molecule has 2 aromatic carbocycles. The summed E-state index contributed by atoms with van der Waals surface area (Å²) in [5, 5.41) is 5.22. The van der Waals surface area contributed by atoms with Gasteiger partial charge in [0, 0.05) is 10.4 Å². The predicted molar refractivity (Wildman–Crippen MR) is 83.2 cm³/mol. The summed E-state index contributed by atoms with van der Waals surface area (Å²) in [5.41, 5.74) is 2.04. The molecule has 0 aliphatic rings. The van der Waals surface area contributed by atoms with Crippen LogP contribution in [0.1, 0.15) is 17.4 Å². The Kier molecular flexibility index (Phi) is 3.77. The Labute approximate surface area is 123 Å². The first-order valence-electron chi connectivity index (χ1n) is 6.67. The smallest absolute Gasteiger partial charge is 0.134 e. The summed E-state index contributed by atoms with van der Waals surface area (Å²) in [6.07, 6.45) is 0.802. The topological polar surface area (TPSA) is 25.2 Å². The molecule has 0 fully saturated rings. The summed E-state index contributed by atoms with van der Waals surface area (Å²) in [6.45, 7) is 0. The number of hydrogen-bond acceptors (Lipinski definition) is 2. The third-order valence-corrected chi connectivity index (χ3v) is 3.89. The number of para-hydroxylation sites is 1. The molecule has 3 aromatic rings. The van der Waals surface area contributed by atoms with Crippen molar-refractivity contribution in [2.24, 2.45) is 0 Å². The third kappa shape index (κ3) is 2.58. The van der Waals surface area contributed by atoms with Gasteiger partial charge in [0.2, 0.25) is 0 Å². The molecule has 3 heteroatoms. The minimum absolute atomic E-state index is 0.113. The number of benzene rings is 2. The number of likely N-dealkylation sites (N-methyl/N-ethyl adjacent to an activating group) is 1. The van der Waals surface area contributed by atoms with Crippen molar-refractivity contribution in [2.45, 2.75) is 12.5 Å². The van der Waals surface area contributed by atoms with E-state index < -0.39 is 0 Å². The molecule has 0 aliphatic heterocycles. The fourth-order valence-corrected chi connectivity index (χ4v) is 2.62. The third-order valence-electron chi connectivity index (χ3n) is 3.52. The van der Waals surface area contributed by atoms with E-state index in [0.717, 1.165) is 33.7 Å². The Morgan fingerprint density at radius 1 is 1.10 bits per heavy atom. The van der Waals surface area contributed by atoms with Crippen molar-refractivity contribution < 1.29 is 4.42 Å². The first-order valence-corrected chi connectivity index (χ1v) is 7.05. The maximum absolute atomic E-state index is 6.23. The van der Waals surface area contributed by atoms with Crippen molar-refractivity contribution in [2.75, 3.05) is 7.05 Å². The van der Waals surface area contributed by atoms with Crippen LogP contribution in [0.2, 0.25) is 5.02 Å². The second-order valence-corrected chi connectivity index (χ2v) is 5.23. The Morgan fingerprint density at radius 3 is 2.60 bits per heavy atom. The molecule has 1 N–H and O–H groups in total. The van der Waals surface area contributed by atoms with Crippen molar-refractivity contribution >= 4 is 22.6 Å². The second kappa shape index (κ2) is 5.70. The first-order chi connectivity index (χ1) is 9.78. The average Bonchev–Trinajstić information content (AvgIpc) is 2.90. The van der Waals surface area contributed by atoms with E-state index in [2.05, 4.69) is 23.5 Å². The highest BCUT2D eigenvalue weighted by Crippen LogP contribution is 2.27. The standard InChI is InChI=1S/C17H16ClNO/c1-19-15(10-12-6-2-4-8-14(12)18)17-11-13-7-3-5-9-16(13)20-17/h2-9,11,15,19H,10H2,1H3. The van der Waals surface area contributed by atoms with Crippen LogP contribution in [0, 0.1) is 0 Å². The van der Waals surface area contributed by atoms with E-state index in [-0.39, 0.29) is 6.04 Å². The summed E-state index contributed by atoms with van der Waals surface area (Å²) in [6, 6.07) is 18.2. The Morgan fingerprint density at radius 2 is 1.85 bits per heavy atom. The van der Waals surface area contributed by atoms with Crippen molar-refractivity contribution in [1.82, 2.24) is 5.32 Å². The molecule has 0 saturated carbocycles. The van der Waals surface area contributed by atoms with Crippen molar-refractivity contribution in [1.29, 1.82) is 0 Å². The summed E-state index contributed by atoms with van der Waals surface area (Å²) in [4.78, 5) is 0. The molecule has 1 aromatic heterocycles. The summed E-state index contributed by atoms with van der Waals surface area (Å²) < 4.78 is 5.93. The zero-order valence-electron chi connectivity index (χ0n) is 11.3. The molecule has 0 saturated heterocycles. The molecule has 0 radical (unpaired) electrons. The first kappa shape index (κ1) is 13.2. The van der Waals surface area contributed by atoms with E-state index in [9.17, 15) is 0 Å². The normalized spacial score (nSPS) is 12.7. The maximum atomic E-state index is 6.23. The van der Waals surface area contributed by atoms with E-state index in [4.69, 9.17) is 16.0 Å². The summed E-state index contributed by atoms with van der Waals surface area (Å²) >= 11 is 6.23. The number of rotatable bonds is 4. The SMILES string of the molecule is CNC(Cc1ccccc1Cl)c1cc2ccccc2o1. The highest BCUT2D eigenvalue weighted by Gasteiger charge is 2.16. The molecule has 2 nitrogen and oxygen atoms in total. The van der Waals surface area contributed by atoms with Gasteiger partial charge in [-0.2, -0.15) is 0 Å². The minimum Gasteiger partial charge on any atom is -0.459 e. The van der Waals surface area contributed by atoms with Crippen LogP contribution in [-0.4, -0.2) is 7.05 Å². The zero-order chi connectivity index (χ0) is 13.9. The Hall–Kier alpha value is -1.77. The van der Waals surface area contributed by atoms with Crippen LogP contribution in [0.3, 0.4) is 0 Å². The van der Waals surface area contributed by atoms with E-state index in [1.165, 1.54) is 0 Å². The summed E-state index contributed by atoms with van der Waals surface area (Å²) in [7, 11) is 1.94. The summed E-state index contributed by atoms with van der Waals surface area (Å²) in [5.74, 6) is 0.939. The second-order valence-electron chi connectivity index (χ2n) is 4.82. The van der Waals surface area contributed by atoms with Gasteiger partial charge < -0.3 is 9.73 Å². The van der Waals surface area contributed by atoms with E-state index in [0.29, 0.717) is 0 Å². The van der Waals surface area contributed by atoms with Crippen molar-refractivity contribution in [3.8, 4) is 0 Å². The van der Waals surface area contributed by atoms with Crippen LogP contribution >= 0.6 is 11.6 Å².